The second-order valence-corrected chi connectivity index (χ2v) is 7.07. The fourth-order valence-corrected chi connectivity index (χ4v) is 3.44. The second-order valence-electron chi connectivity index (χ2n) is 6.71. The lowest BCUT2D eigenvalue weighted by atomic mass is 10.2. The molecule has 0 N–H and O–H groups in total. The molecule has 2 aromatic carbocycles. The van der Waals surface area contributed by atoms with Gasteiger partial charge in [0, 0.05) is 13.1 Å². The predicted octanol–water partition coefficient (Wildman–Crippen LogP) is 4.37. The Bertz CT molecular complexity index is 1020. The van der Waals surface area contributed by atoms with E-state index in [0.717, 1.165) is 29.4 Å². The molecule has 0 radical (unpaired) electrons. The van der Waals surface area contributed by atoms with Crippen LogP contribution in [0.3, 0.4) is 0 Å². The summed E-state index contributed by atoms with van der Waals surface area (Å²) < 4.78 is 15.2. The molecule has 0 amide bonds. The number of methoxy groups -OCH3 is 2. The minimum atomic E-state index is 0.567. The van der Waals surface area contributed by atoms with Gasteiger partial charge in [-0.1, -0.05) is 30.3 Å². The van der Waals surface area contributed by atoms with Crippen molar-refractivity contribution < 1.29 is 9.47 Å². The Morgan fingerprint density at radius 1 is 1.10 bits per heavy atom. The van der Waals surface area contributed by atoms with Crippen LogP contribution >= 0.6 is 12.2 Å². The number of para-hydroxylation sites is 1. The van der Waals surface area contributed by atoms with Crippen molar-refractivity contribution in [1.82, 2.24) is 19.2 Å². The third kappa shape index (κ3) is 4.75. The van der Waals surface area contributed by atoms with Gasteiger partial charge in [-0.05, 0) is 49.1 Å². The summed E-state index contributed by atoms with van der Waals surface area (Å²) >= 11 is 5.71. The predicted molar refractivity (Wildman–Crippen MR) is 118 cm³/mol. The van der Waals surface area contributed by atoms with E-state index in [-0.39, 0.29) is 0 Å². The third-order valence-electron chi connectivity index (χ3n) is 4.57. The number of ether oxygens (including phenoxy) is 2. The molecule has 3 rings (SSSR count). The van der Waals surface area contributed by atoms with Crippen LogP contribution < -0.4 is 9.47 Å². The van der Waals surface area contributed by atoms with E-state index in [1.165, 1.54) is 5.56 Å². The van der Waals surface area contributed by atoms with Gasteiger partial charge in [-0.2, -0.15) is 5.10 Å². The topological polar surface area (TPSA) is 44.5 Å². The maximum Gasteiger partial charge on any atom is 0.199 e. The molecule has 0 aliphatic carbocycles. The van der Waals surface area contributed by atoms with Crippen LogP contribution in [0.4, 0.5) is 0 Å². The molecule has 0 saturated heterocycles. The van der Waals surface area contributed by atoms with Crippen molar-refractivity contribution in [2.75, 3.05) is 21.3 Å². The Balaban J connectivity index is 1.87. The molecule has 7 heteroatoms. The molecule has 0 atom stereocenters. The molecular weight excluding hydrogens is 384 g/mol. The summed E-state index contributed by atoms with van der Waals surface area (Å²) in [5.74, 6) is 2.38. The first-order valence-corrected chi connectivity index (χ1v) is 9.71. The van der Waals surface area contributed by atoms with E-state index in [1.54, 1.807) is 14.2 Å². The minimum Gasteiger partial charge on any atom is -0.497 e. The average molecular weight is 411 g/mol. The van der Waals surface area contributed by atoms with E-state index in [4.69, 9.17) is 26.8 Å². The smallest absolute Gasteiger partial charge is 0.199 e. The lowest BCUT2D eigenvalue weighted by molar-refractivity contribution is 0.244. The van der Waals surface area contributed by atoms with Crippen LogP contribution in [-0.2, 0) is 19.8 Å². The SMILES string of the molecule is C=CCn1c(-c2ccccc2OC)nn(CN(C)Cc2ccc(OC)cc2)c1=S. The van der Waals surface area contributed by atoms with Gasteiger partial charge in [-0.15, -0.1) is 6.58 Å². The maximum absolute atomic E-state index is 5.71. The fourth-order valence-electron chi connectivity index (χ4n) is 3.18. The van der Waals surface area contributed by atoms with Crippen LogP contribution in [0.2, 0.25) is 0 Å². The van der Waals surface area contributed by atoms with Crippen molar-refractivity contribution in [2.45, 2.75) is 19.8 Å². The molecular formula is C22H26N4O2S. The van der Waals surface area contributed by atoms with Gasteiger partial charge < -0.3 is 9.47 Å². The Morgan fingerprint density at radius 2 is 1.83 bits per heavy atom. The molecule has 0 unspecified atom stereocenters. The summed E-state index contributed by atoms with van der Waals surface area (Å²) in [6, 6.07) is 15.9. The molecule has 0 aliphatic rings. The van der Waals surface area contributed by atoms with Gasteiger partial charge in [0.25, 0.3) is 0 Å². The highest BCUT2D eigenvalue weighted by Crippen LogP contribution is 2.28. The van der Waals surface area contributed by atoms with Crippen molar-refractivity contribution in [2.24, 2.45) is 0 Å². The Morgan fingerprint density at radius 3 is 2.48 bits per heavy atom. The lowest BCUT2D eigenvalue weighted by Gasteiger charge is -2.16. The molecule has 0 saturated carbocycles. The van der Waals surface area contributed by atoms with E-state index in [1.807, 2.05) is 58.8 Å². The van der Waals surface area contributed by atoms with Crippen molar-refractivity contribution in [3.63, 3.8) is 0 Å². The molecule has 29 heavy (non-hydrogen) atoms. The van der Waals surface area contributed by atoms with E-state index in [2.05, 4.69) is 23.6 Å². The Labute approximate surface area is 176 Å². The summed E-state index contributed by atoms with van der Waals surface area (Å²) in [5, 5.41) is 4.80. The van der Waals surface area contributed by atoms with Gasteiger partial charge >= 0.3 is 0 Å². The minimum absolute atomic E-state index is 0.567. The summed E-state index contributed by atoms with van der Waals surface area (Å²) in [7, 11) is 5.37. The van der Waals surface area contributed by atoms with Crippen LogP contribution in [0.5, 0.6) is 11.5 Å². The first kappa shape index (κ1) is 20.8. The first-order valence-electron chi connectivity index (χ1n) is 9.30. The van der Waals surface area contributed by atoms with Crippen LogP contribution in [-0.4, -0.2) is 40.5 Å². The van der Waals surface area contributed by atoms with Gasteiger partial charge in [-0.3, -0.25) is 9.47 Å². The van der Waals surface area contributed by atoms with Crippen molar-refractivity contribution in [3.05, 3.63) is 71.5 Å². The number of benzene rings is 2. The average Bonchev–Trinajstić information content (AvgIpc) is 3.04. The summed E-state index contributed by atoms with van der Waals surface area (Å²) in [6.45, 7) is 5.77. The number of nitrogens with zero attached hydrogens (tertiary/aromatic N) is 4. The summed E-state index contributed by atoms with van der Waals surface area (Å²) in [4.78, 5) is 2.16. The van der Waals surface area contributed by atoms with Gasteiger partial charge in [0.2, 0.25) is 0 Å². The first-order chi connectivity index (χ1) is 14.1. The molecule has 0 aliphatic heterocycles. The van der Waals surface area contributed by atoms with Crippen LogP contribution in [0, 0.1) is 4.77 Å². The van der Waals surface area contributed by atoms with Crippen molar-refractivity contribution in [3.8, 4) is 22.9 Å². The number of rotatable bonds is 9. The zero-order valence-corrected chi connectivity index (χ0v) is 17.9. The number of hydrogen-bond donors (Lipinski definition) is 0. The van der Waals surface area contributed by atoms with Crippen molar-refractivity contribution in [1.29, 1.82) is 0 Å². The zero-order valence-electron chi connectivity index (χ0n) is 17.0. The van der Waals surface area contributed by atoms with Crippen molar-refractivity contribution >= 4 is 12.2 Å². The van der Waals surface area contributed by atoms with Gasteiger partial charge in [0.1, 0.15) is 11.5 Å². The monoisotopic (exact) mass is 410 g/mol. The molecule has 0 bridgehead atoms. The molecule has 1 aromatic heterocycles. The summed E-state index contributed by atoms with van der Waals surface area (Å²) in [5.41, 5.74) is 2.09. The van der Waals surface area contributed by atoms with Crippen LogP contribution in [0.1, 0.15) is 5.56 Å². The number of allylic oxidation sites excluding steroid dienone is 1. The van der Waals surface area contributed by atoms with E-state index < -0.39 is 0 Å². The molecule has 0 fully saturated rings. The van der Waals surface area contributed by atoms with E-state index >= 15 is 0 Å². The van der Waals surface area contributed by atoms with Gasteiger partial charge in [-0.25, -0.2) is 4.68 Å². The van der Waals surface area contributed by atoms with E-state index in [9.17, 15) is 0 Å². The van der Waals surface area contributed by atoms with Gasteiger partial charge in [0.15, 0.2) is 10.6 Å². The highest BCUT2D eigenvalue weighted by molar-refractivity contribution is 7.71. The molecule has 3 aromatic rings. The fraction of sp³-hybridized carbons (Fsp3) is 0.273. The lowest BCUT2D eigenvalue weighted by Crippen LogP contribution is -2.22. The molecule has 0 spiro atoms. The normalized spacial score (nSPS) is 10.9. The molecule has 1 heterocycles. The Hall–Kier alpha value is -2.90. The summed E-state index contributed by atoms with van der Waals surface area (Å²) in [6.07, 6.45) is 1.82. The van der Waals surface area contributed by atoms with Gasteiger partial charge in [0.05, 0.1) is 26.5 Å². The third-order valence-corrected chi connectivity index (χ3v) is 5.00. The molecule has 152 valence electrons. The zero-order chi connectivity index (χ0) is 20.8. The number of hydrogen-bond acceptors (Lipinski definition) is 5. The van der Waals surface area contributed by atoms with Crippen LogP contribution in [0.15, 0.2) is 61.2 Å². The largest absolute Gasteiger partial charge is 0.497 e. The number of aromatic nitrogens is 3. The van der Waals surface area contributed by atoms with Crippen LogP contribution in [0.25, 0.3) is 11.4 Å². The standard InChI is InChI=1S/C22H26N4O2S/c1-5-14-25-21(19-8-6-7-9-20(19)28-4)23-26(22(25)29)16-24(2)15-17-10-12-18(27-3)13-11-17/h5-13H,1,14-16H2,2-4H3. The second kappa shape index (κ2) is 9.54. The maximum atomic E-state index is 5.71. The molecule has 6 nitrogen and oxygen atoms in total. The highest BCUT2D eigenvalue weighted by atomic mass is 32.1. The quantitative estimate of drug-likeness (QED) is 0.387. The highest BCUT2D eigenvalue weighted by Gasteiger charge is 2.16. The Kier molecular flexibility index (Phi) is 6.85. The van der Waals surface area contributed by atoms with E-state index in [0.29, 0.717) is 18.0 Å².